The molecule has 2 aromatic rings. The van der Waals surface area contributed by atoms with E-state index < -0.39 is 0 Å². The lowest BCUT2D eigenvalue weighted by molar-refractivity contribution is -0.520. The number of fused-ring (bicyclic) bond motifs is 1. The minimum Gasteiger partial charge on any atom is -0.496 e. The molecule has 0 spiro atoms. The summed E-state index contributed by atoms with van der Waals surface area (Å²) in [5.74, 6) is 3.64. The molecule has 17 heteroatoms. The van der Waals surface area contributed by atoms with Crippen LogP contribution in [0.5, 0.6) is 11.5 Å². The van der Waals surface area contributed by atoms with Crippen LogP contribution in [0.4, 0.5) is 4.39 Å². The van der Waals surface area contributed by atoms with Crippen molar-refractivity contribution in [3.05, 3.63) is 58.4 Å². The molecule has 72 heavy (non-hydrogen) atoms. The second-order valence-electron chi connectivity index (χ2n) is 22.2. The van der Waals surface area contributed by atoms with Crippen LogP contribution in [0.2, 0.25) is 5.02 Å². The number of carbonyl (C=O) groups excluding carboxylic acids is 1. The lowest BCUT2D eigenvalue weighted by atomic mass is 9.49. The molecule has 1 saturated carbocycles. The molecule has 15 nitrogen and oxygen atoms in total. The van der Waals surface area contributed by atoms with Crippen LogP contribution in [-0.2, 0) is 23.7 Å². The highest BCUT2D eigenvalue weighted by Gasteiger charge is 2.64. The minimum absolute atomic E-state index is 0.0742. The summed E-state index contributed by atoms with van der Waals surface area (Å²) in [6.45, 7) is 22.8. The Balaban J connectivity index is 0.644. The van der Waals surface area contributed by atoms with Crippen LogP contribution in [-0.4, -0.2) is 181 Å². The van der Waals surface area contributed by atoms with Crippen LogP contribution in [0.1, 0.15) is 90.2 Å². The summed E-state index contributed by atoms with van der Waals surface area (Å²) in [5.41, 5.74) is 0.909. The molecule has 3 N–H and O–H groups in total. The van der Waals surface area contributed by atoms with Crippen molar-refractivity contribution in [3.63, 3.8) is 0 Å². The van der Waals surface area contributed by atoms with Gasteiger partial charge in [-0.1, -0.05) is 45.4 Å². The van der Waals surface area contributed by atoms with E-state index in [4.69, 9.17) is 40.0 Å². The Morgan fingerprint density at radius 1 is 0.931 bits per heavy atom. The SMILES string of the molecule is CCN1CC(C(=O)NC2C(C)(C)C(Oc3ccc(C#N)c(Cl)c3)C2(C)C)C[N+](C)=C1N1CCC(OCCOCCOCCOCCN2CCC(C3CC4C(NCCC4c4ccc(F)cc4OC)N3)CC2)CC1. The monoisotopic (exact) mass is 1020 g/mol. The number of benzene rings is 2. The van der Waals surface area contributed by atoms with Crippen LogP contribution in [0.25, 0.3) is 0 Å². The van der Waals surface area contributed by atoms with Crippen molar-refractivity contribution in [3.8, 4) is 17.6 Å². The molecule has 0 radical (unpaired) electrons. The Bertz CT molecular complexity index is 2180. The first-order valence-corrected chi connectivity index (χ1v) is 27.2. The summed E-state index contributed by atoms with van der Waals surface area (Å²) in [5, 5.41) is 20.7. The number of carbonyl (C=O) groups is 1. The van der Waals surface area contributed by atoms with Gasteiger partial charge in [0.15, 0.2) is 0 Å². The van der Waals surface area contributed by atoms with E-state index in [0.29, 0.717) is 111 Å². The number of likely N-dealkylation sites (tertiary alicyclic amines) is 2. The quantitative estimate of drug-likeness (QED) is 0.101. The molecule has 5 aliphatic heterocycles. The van der Waals surface area contributed by atoms with Crippen molar-refractivity contribution < 1.29 is 42.2 Å². The van der Waals surface area contributed by atoms with Crippen LogP contribution >= 0.6 is 11.6 Å². The maximum absolute atomic E-state index is 14.0. The topological polar surface area (TPSA) is 145 Å². The molecule has 0 aromatic heterocycles. The molecule has 5 unspecified atom stereocenters. The van der Waals surface area contributed by atoms with Gasteiger partial charge in [-0.3, -0.25) is 24.5 Å². The molecule has 8 rings (SSSR count). The zero-order chi connectivity index (χ0) is 51.0. The smallest absolute Gasteiger partial charge is 0.350 e. The van der Waals surface area contributed by atoms with E-state index in [-0.39, 0.29) is 46.7 Å². The number of piperidine rings is 3. The van der Waals surface area contributed by atoms with Crippen LogP contribution in [0.3, 0.4) is 0 Å². The summed E-state index contributed by atoms with van der Waals surface area (Å²) >= 11 is 6.30. The van der Waals surface area contributed by atoms with Crippen molar-refractivity contribution in [2.45, 2.75) is 110 Å². The van der Waals surface area contributed by atoms with Gasteiger partial charge >= 0.3 is 5.96 Å². The number of nitriles is 1. The summed E-state index contributed by atoms with van der Waals surface area (Å²) in [4.78, 5) is 21.3. The number of halogens is 2. The predicted octanol–water partition coefficient (Wildman–Crippen LogP) is 5.93. The average molecular weight is 1020 g/mol. The largest absolute Gasteiger partial charge is 0.496 e. The average Bonchev–Trinajstić information content (AvgIpc) is 3.82. The normalized spacial score (nSPS) is 27.8. The number of methoxy groups -OCH3 is 1. The number of rotatable bonds is 21. The van der Waals surface area contributed by atoms with Gasteiger partial charge in [0.2, 0.25) is 5.91 Å². The number of nitrogens with zero attached hydrogens (tertiary/aromatic N) is 5. The first-order chi connectivity index (χ1) is 34.7. The Labute approximate surface area is 433 Å². The van der Waals surface area contributed by atoms with Crippen molar-refractivity contribution in [1.29, 1.82) is 5.26 Å². The van der Waals surface area contributed by atoms with Gasteiger partial charge in [-0.15, -0.1) is 0 Å². The molecule has 5 fully saturated rings. The predicted molar refractivity (Wildman–Crippen MR) is 276 cm³/mol. The van der Waals surface area contributed by atoms with Gasteiger partial charge in [0.05, 0.1) is 122 Å². The zero-order valence-electron chi connectivity index (χ0n) is 44.1. The van der Waals surface area contributed by atoms with Gasteiger partial charge in [0.25, 0.3) is 0 Å². The van der Waals surface area contributed by atoms with E-state index >= 15 is 0 Å². The van der Waals surface area contributed by atoms with Crippen LogP contribution in [0, 0.1) is 45.7 Å². The molecule has 1 aliphatic carbocycles. The third-order valence-corrected chi connectivity index (χ3v) is 17.1. The Kier molecular flexibility index (Phi) is 18.7. The van der Waals surface area contributed by atoms with E-state index in [2.05, 4.69) is 83.0 Å². The van der Waals surface area contributed by atoms with E-state index in [9.17, 15) is 14.4 Å². The van der Waals surface area contributed by atoms with Gasteiger partial charge in [-0.05, 0) is 93.8 Å². The Morgan fingerprint density at radius 3 is 2.29 bits per heavy atom. The summed E-state index contributed by atoms with van der Waals surface area (Å²) in [7, 11) is 3.74. The highest BCUT2D eigenvalue weighted by molar-refractivity contribution is 6.31. The first kappa shape index (κ1) is 54.5. The van der Waals surface area contributed by atoms with Gasteiger partial charge in [-0.2, -0.15) is 5.26 Å². The molecule has 0 bridgehead atoms. The van der Waals surface area contributed by atoms with Crippen molar-refractivity contribution in [1.82, 2.24) is 30.7 Å². The summed E-state index contributed by atoms with van der Waals surface area (Å²) in [6.07, 6.45) is 6.78. The number of guanidine groups is 1. The zero-order valence-corrected chi connectivity index (χ0v) is 44.8. The first-order valence-electron chi connectivity index (χ1n) is 26.9. The van der Waals surface area contributed by atoms with Gasteiger partial charge < -0.3 is 44.0 Å². The Hall–Kier alpha value is -3.79. The molecular formula is C55H83ClFN8O7+. The molecule has 4 saturated heterocycles. The number of hydrogen-bond acceptors (Lipinski definition) is 13. The molecule has 5 atom stereocenters. The Morgan fingerprint density at radius 2 is 1.62 bits per heavy atom. The highest BCUT2D eigenvalue weighted by Crippen LogP contribution is 2.56. The van der Waals surface area contributed by atoms with Crippen LogP contribution < -0.4 is 25.4 Å². The molecule has 5 heterocycles. The lowest BCUT2D eigenvalue weighted by Gasteiger charge is -2.63. The fourth-order valence-electron chi connectivity index (χ4n) is 13.4. The minimum atomic E-state index is -0.323. The standard InChI is InChI=1S/C55H82ClFN8O7/c1-8-64-36-39(50(66)61-51-54(2,3)52(55(51,4)5)72-42-11-9-38(34-58)46(56)32-42)35-62(6)53(64)65-21-16-41(17-22-65)71-30-29-70-28-27-69-26-25-68-24-23-63-19-14-37(15-20-63)47-33-45-43(13-18-59-49(45)60-47)44-12-10-40(57)31-48(44)67-7/h9-12,31-32,37,39,41,43,45,47,49,51-52,59-60H,8,13-30,33,35-36H2,1-7H3/p+1. The third-order valence-electron chi connectivity index (χ3n) is 16.8. The maximum Gasteiger partial charge on any atom is 0.350 e. The third kappa shape index (κ3) is 12.6. The van der Waals surface area contributed by atoms with E-state index in [0.717, 1.165) is 77.1 Å². The highest BCUT2D eigenvalue weighted by atomic mass is 35.5. The number of amides is 1. The number of nitrogens with one attached hydrogen (secondary N) is 3. The molecule has 2 aromatic carbocycles. The number of ether oxygens (including phenoxy) is 6. The van der Waals surface area contributed by atoms with E-state index in [1.54, 1.807) is 31.4 Å². The maximum atomic E-state index is 14.0. The fourth-order valence-corrected chi connectivity index (χ4v) is 13.6. The molecule has 398 valence electrons. The second kappa shape index (κ2) is 24.7. The fraction of sp³-hybridized carbons (Fsp3) is 0.727. The molecule has 6 aliphatic rings. The van der Waals surface area contributed by atoms with Crippen molar-refractivity contribution >= 4 is 23.5 Å². The van der Waals surface area contributed by atoms with E-state index in [1.165, 1.54) is 24.9 Å². The summed E-state index contributed by atoms with van der Waals surface area (Å²) in [6, 6.07) is 12.7. The van der Waals surface area contributed by atoms with E-state index in [1.807, 2.05) is 6.07 Å². The summed E-state index contributed by atoms with van der Waals surface area (Å²) < 4.78 is 52.1. The lowest BCUT2D eigenvalue weighted by Crippen LogP contribution is -2.75. The van der Waals surface area contributed by atoms with Gasteiger partial charge in [0, 0.05) is 54.4 Å². The van der Waals surface area contributed by atoms with Crippen molar-refractivity contribution in [2.75, 3.05) is 119 Å². The second-order valence-corrected chi connectivity index (χ2v) is 22.6. The van der Waals surface area contributed by atoms with Crippen LogP contribution in [0.15, 0.2) is 36.4 Å². The molecular weight excluding hydrogens is 939 g/mol. The molecule has 1 amide bonds. The van der Waals surface area contributed by atoms with Crippen molar-refractivity contribution in [2.24, 2.45) is 28.6 Å². The van der Waals surface area contributed by atoms with Gasteiger partial charge in [0.1, 0.15) is 29.5 Å². The number of hydrogen-bond donors (Lipinski definition) is 3. The van der Waals surface area contributed by atoms with Gasteiger partial charge in [-0.25, -0.2) is 4.39 Å².